The predicted octanol–water partition coefficient (Wildman–Crippen LogP) is 4.33. The normalized spacial score (nSPS) is 15.8. The van der Waals surface area contributed by atoms with E-state index in [9.17, 15) is 19.5 Å². The van der Waals surface area contributed by atoms with Crippen molar-refractivity contribution in [3.63, 3.8) is 0 Å². The summed E-state index contributed by atoms with van der Waals surface area (Å²) >= 11 is 8.11. The van der Waals surface area contributed by atoms with E-state index in [1.54, 1.807) is 37.6 Å². The number of rotatable bonds is 4. The molecule has 186 valence electrons. The van der Waals surface area contributed by atoms with Gasteiger partial charge in [0.05, 0.1) is 22.7 Å². The molecule has 37 heavy (non-hydrogen) atoms. The van der Waals surface area contributed by atoms with Crippen LogP contribution in [0.3, 0.4) is 0 Å². The average molecular weight is 533 g/mol. The lowest BCUT2D eigenvalue weighted by Gasteiger charge is -2.19. The topological polar surface area (TPSA) is 123 Å². The van der Waals surface area contributed by atoms with Gasteiger partial charge in [-0.2, -0.15) is 0 Å². The number of hydrogen-bond donors (Lipinski definition) is 3. The number of carbonyl (C=O) groups is 1. The minimum Gasteiger partial charge on any atom is -0.386 e. The fourth-order valence-electron chi connectivity index (χ4n) is 5.02. The number of fused-ring (bicyclic) bond motifs is 4. The number of halogens is 1. The molecule has 0 saturated carbocycles. The van der Waals surface area contributed by atoms with Crippen LogP contribution < -0.4 is 17.0 Å². The molecule has 0 fully saturated rings. The summed E-state index contributed by atoms with van der Waals surface area (Å²) in [5, 5.41) is 13.9. The van der Waals surface area contributed by atoms with Crippen molar-refractivity contribution in [3.05, 3.63) is 103 Å². The molecular formula is C27H21ClN4O4S. The summed E-state index contributed by atoms with van der Waals surface area (Å²) in [6, 6.07) is 7.71. The minimum atomic E-state index is -1.08. The fraction of sp³-hybridized carbons (Fsp3) is 0.148. The van der Waals surface area contributed by atoms with Crippen molar-refractivity contribution >= 4 is 61.1 Å². The molecule has 6 rings (SSSR count). The molecule has 4 N–H and O–H groups in total. The third-order valence-corrected chi connectivity index (χ3v) is 7.90. The van der Waals surface area contributed by atoms with Gasteiger partial charge >= 0.3 is 5.69 Å². The highest BCUT2D eigenvalue weighted by molar-refractivity contribution is 7.15. The van der Waals surface area contributed by atoms with Crippen LogP contribution in [0.15, 0.2) is 69.7 Å². The standard InChI is InChI=1S/C27H21ClN4O4S/c1-27(2,36)13-6-7-14-18(10-13)30-24-16(25(29)34)11-17(28)22(23(14)24)15-4-3-5-19(15)32-20(33)12-21-31(26(32)35)8-9-37-21/h3-12,19,30,36H,1-2H3,(H2,29,34). The molecule has 0 saturated heterocycles. The summed E-state index contributed by atoms with van der Waals surface area (Å²) in [5.41, 5.74) is 7.02. The number of allylic oxidation sites excluding steroid dienone is 4. The van der Waals surface area contributed by atoms with Gasteiger partial charge in [-0.3, -0.25) is 14.0 Å². The van der Waals surface area contributed by atoms with Gasteiger partial charge in [-0.15, -0.1) is 11.3 Å². The molecule has 0 spiro atoms. The van der Waals surface area contributed by atoms with Crippen LogP contribution >= 0.6 is 22.9 Å². The number of aromatic amines is 1. The Kier molecular flexibility index (Phi) is 5.10. The Morgan fingerprint density at radius 1 is 1.22 bits per heavy atom. The number of nitrogens with two attached hydrogens (primary N) is 1. The molecule has 5 aromatic rings. The Bertz CT molecular complexity index is 1970. The van der Waals surface area contributed by atoms with Crippen molar-refractivity contribution in [2.75, 3.05) is 0 Å². The molecule has 10 heteroatoms. The molecule has 1 amide bonds. The van der Waals surface area contributed by atoms with E-state index in [1.165, 1.54) is 32.4 Å². The van der Waals surface area contributed by atoms with Crippen LogP contribution in [-0.2, 0) is 5.60 Å². The maximum Gasteiger partial charge on any atom is 0.337 e. The van der Waals surface area contributed by atoms with Gasteiger partial charge in [0.2, 0.25) is 0 Å². The Balaban J connectivity index is 1.66. The van der Waals surface area contributed by atoms with Crippen molar-refractivity contribution < 1.29 is 9.90 Å². The second-order valence-electron chi connectivity index (χ2n) is 9.54. The number of nitrogens with zero attached hydrogens (tertiary/aromatic N) is 2. The molecular weight excluding hydrogens is 512 g/mol. The van der Waals surface area contributed by atoms with Gasteiger partial charge in [0, 0.05) is 44.5 Å². The molecule has 1 atom stereocenters. The van der Waals surface area contributed by atoms with Gasteiger partial charge in [-0.05, 0) is 37.1 Å². The largest absolute Gasteiger partial charge is 0.386 e. The summed E-state index contributed by atoms with van der Waals surface area (Å²) in [5.74, 6) is -0.653. The van der Waals surface area contributed by atoms with E-state index >= 15 is 0 Å². The number of nitrogens with one attached hydrogen (secondary N) is 1. The van der Waals surface area contributed by atoms with E-state index in [0.29, 0.717) is 38.0 Å². The number of hydrogen-bond acceptors (Lipinski definition) is 5. The van der Waals surface area contributed by atoms with Crippen molar-refractivity contribution in [1.82, 2.24) is 14.0 Å². The third-order valence-electron chi connectivity index (χ3n) is 6.79. The summed E-state index contributed by atoms with van der Waals surface area (Å²) in [7, 11) is 0. The Hall–Kier alpha value is -3.92. The molecule has 0 bridgehead atoms. The Labute approximate surface area is 218 Å². The number of thiazole rings is 1. The van der Waals surface area contributed by atoms with Gasteiger partial charge in [0.1, 0.15) is 4.83 Å². The van der Waals surface area contributed by atoms with E-state index in [1.807, 2.05) is 24.3 Å². The van der Waals surface area contributed by atoms with Gasteiger partial charge in [-0.1, -0.05) is 42.0 Å². The van der Waals surface area contributed by atoms with Crippen molar-refractivity contribution in [2.24, 2.45) is 5.73 Å². The molecule has 1 aliphatic carbocycles. The zero-order chi connectivity index (χ0) is 26.2. The van der Waals surface area contributed by atoms with Gasteiger partial charge < -0.3 is 15.8 Å². The first-order valence-corrected chi connectivity index (χ1v) is 12.7. The number of carbonyl (C=O) groups excluding carboxylic acids is 1. The summed E-state index contributed by atoms with van der Waals surface area (Å²) in [6.07, 6.45) is 6.99. The van der Waals surface area contributed by atoms with E-state index in [0.717, 1.165) is 5.39 Å². The van der Waals surface area contributed by atoms with Crippen LogP contribution in [-0.4, -0.2) is 25.0 Å². The Morgan fingerprint density at radius 2 is 2.00 bits per heavy atom. The molecule has 1 unspecified atom stereocenters. The number of amides is 1. The number of aromatic nitrogens is 3. The zero-order valence-electron chi connectivity index (χ0n) is 19.8. The quantitative estimate of drug-likeness (QED) is 0.319. The average Bonchev–Trinajstić information content (AvgIpc) is 3.56. The first-order valence-electron chi connectivity index (χ1n) is 11.5. The summed E-state index contributed by atoms with van der Waals surface area (Å²) < 4.78 is 2.63. The lowest BCUT2D eigenvalue weighted by atomic mass is 9.92. The number of aliphatic hydroxyl groups is 1. The molecule has 3 aromatic heterocycles. The molecule has 1 aliphatic rings. The highest BCUT2D eigenvalue weighted by Gasteiger charge is 2.29. The molecule has 0 radical (unpaired) electrons. The van der Waals surface area contributed by atoms with Crippen LogP contribution in [0.1, 0.15) is 41.4 Å². The monoisotopic (exact) mass is 532 g/mol. The van der Waals surface area contributed by atoms with Crippen molar-refractivity contribution in [3.8, 4) is 0 Å². The lowest BCUT2D eigenvalue weighted by Crippen LogP contribution is -2.38. The van der Waals surface area contributed by atoms with E-state index in [4.69, 9.17) is 17.3 Å². The van der Waals surface area contributed by atoms with E-state index in [-0.39, 0.29) is 10.6 Å². The highest BCUT2D eigenvalue weighted by atomic mass is 35.5. The minimum absolute atomic E-state index is 0.213. The van der Waals surface area contributed by atoms with Crippen LogP contribution in [0.4, 0.5) is 0 Å². The van der Waals surface area contributed by atoms with Crippen molar-refractivity contribution in [2.45, 2.75) is 25.5 Å². The van der Waals surface area contributed by atoms with Gasteiger partial charge in [-0.25, -0.2) is 9.36 Å². The summed E-state index contributed by atoms with van der Waals surface area (Å²) in [6.45, 7) is 3.38. The molecule has 0 aliphatic heterocycles. The maximum atomic E-state index is 13.3. The first-order chi connectivity index (χ1) is 17.6. The van der Waals surface area contributed by atoms with Gasteiger partial charge in [0.15, 0.2) is 0 Å². The van der Waals surface area contributed by atoms with Crippen LogP contribution in [0.25, 0.3) is 32.2 Å². The van der Waals surface area contributed by atoms with Crippen LogP contribution in [0.5, 0.6) is 0 Å². The molecule has 3 heterocycles. The third kappa shape index (κ3) is 3.50. The number of H-pyrrole nitrogens is 1. The number of primary amides is 1. The summed E-state index contributed by atoms with van der Waals surface area (Å²) in [4.78, 5) is 42.6. The second-order valence-corrected chi connectivity index (χ2v) is 10.9. The fourth-order valence-corrected chi connectivity index (χ4v) is 6.08. The highest BCUT2D eigenvalue weighted by Crippen LogP contribution is 2.44. The number of benzene rings is 2. The first kappa shape index (κ1) is 23.5. The maximum absolute atomic E-state index is 13.3. The second kappa shape index (κ2) is 8.04. The Morgan fingerprint density at radius 3 is 2.73 bits per heavy atom. The zero-order valence-corrected chi connectivity index (χ0v) is 21.4. The SMILES string of the molecule is CC(C)(O)c1ccc2c(c1)[nH]c1c(C(N)=O)cc(Cl)c(C3=CC=CC3n3c(=O)cc4sccn4c3=O)c12. The van der Waals surface area contributed by atoms with E-state index < -0.39 is 28.8 Å². The lowest BCUT2D eigenvalue weighted by molar-refractivity contribution is 0.0787. The van der Waals surface area contributed by atoms with Crippen LogP contribution in [0.2, 0.25) is 5.02 Å². The predicted molar refractivity (Wildman–Crippen MR) is 147 cm³/mol. The molecule has 8 nitrogen and oxygen atoms in total. The molecule has 2 aromatic carbocycles. The van der Waals surface area contributed by atoms with Gasteiger partial charge in [0.25, 0.3) is 11.5 Å². The van der Waals surface area contributed by atoms with Crippen molar-refractivity contribution in [1.29, 1.82) is 0 Å². The van der Waals surface area contributed by atoms with Crippen LogP contribution in [0, 0.1) is 0 Å². The van der Waals surface area contributed by atoms with E-state index in [2.05, 4.69) is 4.98 Å². The smallest absolute Gasteiger partial charge is 0.337 e.